The smallest absolute Gasteiger partial charge is 0.242 e. The quantitative estimate of drug-likeness (QED) is 0.810. The number of benzene rings is 2. The summed E-state index contributed by atoms with van der Waals surface area (Å²) < 4.78 is 25.9. The highest BCUT2D eigenvalue weighted by molar-refractivity contribution is 7.89. The topological polar surface area (TPSA) is 66.5 Å². The van der Waals surface area contributed by atoms with Gasteiger partial charge in [-0.25, -0.2) is 12.7 Å². The van der Waals surface area contributed by atoms with Crippen LogP contribution in [0.3, 0.4) is 0 Å². The van der Waals surface area contributed by atoms with E-state index in [0.29, 0.717) is 23.6 Å². The molecule has 26 heavy (non-hydrogen) atoms. The predicted octanol–water partition coefficient (Wildman–Crippen LogP) is 3.78. The van der Waals surface area contributed by atoms with E-state index in [1.807, 2.05) is 26.0 Å². The van der Waals surface area contributed by atoms with E-state index in [1.165, 1.54) is 20.2 Å². The second-order valence-electron chi connectivity index (χ2n) is 6.37. The molecule has 2 aromatic rings. The van der Waals surface area contributed by atoms with Gasteiger partial charge in [0.05, 0.1) is 4.90 Å². The molecule has 0 spiro atoms. The number of amides is 1. The first-order valence-corrected chi connectivity index (χ1v) is 10.0. The van der Waals surface area contributed by atoms with Crippen LogP contribution in [0.15, 0.2) is 41.3 Å². The molecule has 0 aliphatic heterocycles. The Balaban J connectivity index is 2.16. The molecule has 1 N–H and O–H groups in total. The summed E-state index contributed by atoms with van der Waals surface area (Å²) in [4.78, 5) is 12.5. The molecule has 1 amide bonds. The fraction of sp³-hybridized carbons (Fsp3) is 0.316. The summed E-state index contributed by atoms with van der Waals surface area (Å²) in [5, 5.41) is 3.49. The first-order chi connectivity index (χ1) is 12.1. The number of carbonyl (C=O) groups is 1. The van der Waals surface area contributed by atoms with Crippen molar-refractivity contribution in [2.75, 3.05) is 19.4 Å². The van der Waals surface area contributed by atoms with Gasteiger partial charge in [0.1, 0.15) is 0 Å². The van der Waals surface area contributed by atoms with Crippen molar-refractivity contribution in [1.82, 2.24) is 4.31 Å². The van der Waals surface area contributed by atoms with Gasteiger partial charge in [-0.1, -0.05) is 23.7 Å². The van der Waals surface area contributed by atoms with Gasteiger partial charge < -0.3 is 5.32 Å². The number of carbonyl (C=O) groups excluding carboxylic acids is 1. The minimum Gasteiger partial charge on any atom is -0.326 e. The number of hydrogen-bond acceptors (Lipinski definition) is 3. The minimum atomic E-state index is -3.56. The van der Waals surface area contributed by atoms with Crippen molar-refractivity contribution in [2.24, 2.45) is 0 Å². The van der Waals surface area contributed by atoms with E-state index in [0.717, 1.165) is 21.0 Å². The molecule has 0 bridgehead atoms. The molecule has 0 saturated heterocycles. The van der Waals surface area contributed by atoms with Gasteiger partial charge in [-0.15, -0.1) is 0 Å². The Morgan fingerprint density at radius 3 is 2.31 bits per heavy atom. The molecule has 2 aromatic carbocycles. The Kier molecular flexibility index (Phi) is 6.44. The van der Waals surface area contributed by atoms with Gasteiger partial charge in [-0.3, -0.25) is 4.79 Å². The van der Waals surface area contributed by atoms with Gasteiger partial charge in [0.25, 0.3) is 0 Å². The zero-order valence-corrected chi connectivity index (χ0v) is 16.9. The molecular weight excluding hydrogens is 372 g/mol. The van der Waals surface area contributed by atoms with Crippen LogP contribution >= 0.6 is 11.6 Å². The molecule has 0 aliphatic carbocycles. The van der Waals surface area contributed by atoms with Crippen LogP contribution in [0, 0.1) is 13.8 Å². The Morgan fingerprint density at radius 2 is 1.73 bits per heavy atom. The van der Waals surface area contributed by atoms with Crippen molar-refractivity contribution >= 4 is 33.2 Å². The van der Waals surface area contributed by atoms with Crippen LogP contribution in [0.2, 0.25) is 5.02 Å². The third kappa shape index (κ3) is 4.84. The molecule has 140 valence electrons. The highest BCUT2D eigenvalue weighted by atomic mass is 35.5. The predicted molar refractivity (Wildman–Crippen MR) is 105 cm³/mol. The van der Waals surface area contributed by atoms with Crippen molar-refractivity contribution in [3.63, 3.8) is 0 Å². The fourth-order valence-electron chi connectivity index (χ4n) is 2.44. The maximum absolute atomic E-state index is 12.4. The average molecular weight is 395 g/mol. The van der Waals surface area contributed by atoms with Crippen LogP contribution in [0.1, 0.15) is 23.1 Å². The average Bonchev–Trinajstić information content (AvgIpc) is 2.58. The number of nitrogens with zero attached hydrogens (tertiary/aromatic N) is 1. The lowest BCUT2D eigenvalue weighted by Crippen LogP contribution is -2.23. The standard InChI is InChI=1S/C19H23ClN2O3S/c1-13-11-17(26(24,25)22(3)4)12-18(14(13)2)21-19(23)10-7-15-5-8-16(20)9-6-15/h5-6,8-9,11-12H,7,10H2,1-4H3,(H,21,23). The lowest BCUT2D eigenvalue weighted by Gasteiger charge is -2.16. The third-order valence-corrected chi connectivity index (χ3v) is 6.29. The van der Waals surface area contributed by atoms with Crippen molar-refractivity contribution in [3.05, 3.63) is 58.1 Å². The lowest BCUT2D eigenvalue weighted by atomic mass is 10.1. The summed E-state index contributed by atoms with van der Waals surface area (Å²) in [6, 6.07) is 10.5. The molecule has 0 fully saturated rings. The molecule has 0 atom stereocenters. The molecule has 5 nitrogen and oxygen atoms in total. The highest BCUT2D eigenvalue weighted by Gasteiger charge is 2.20. The van der Waals surface area contributed by atoms with Crippen LogP contribution in [-0.2, 0) is 21.2 Å². The fourth-order valence-corrected chi connectivity index (χ4v) is 3.58. The van der Waals surface area contributed by atoms with Crippen LogP contribution in [0.25, 0.3) is 0 Å². The molecule has 0 aliphatic rings. The van der Waals surface area contributed by atoms with Gasteiger partial charge in [0.2, 0.25) is 15.9 Å². The van der Waals surface area contributed by atoms with Gasteiger partial charge in [-0.05, 0) is 61.2 Å². The van der Waals surface area contributed by atoms with Crippen LogP contribution < -0.4 is 5.32 Å². The largest absolute Gasteiger partial charge is 0.326 e. The van der Waals surface area contributed by atoms with Crippen molar-refractivity contribution < 1.29 is 13.2 Å². The van der Waals surface area contributed by atoms with Crippen LogP contribution in [0.5, 0.6) is 0 Å². The molecule has 0 radical (unpaired) electrons. The summed E-state index contributed by atoms with van der Waals surface area (Å²) >= 11 is 5.86. The summed E-state index contributed by atoms with van der Waals surface area (Å²) in [5.41, 5.74) is 3.19. The molecular formula is C19H23ClN2O3S. The van der Waals surface area contributed by atoms with Crippen molar-refractivity contribution in [2.45, 2.75) is 31.6 Å². The summed E-state index contributed by atoms with van der Waals surface area (Å²) in [7, 11) is -0.602. The molecule has 2 rings (SSSR count). The Hall–Kier alpha value is -1.89. The number of anilines is 1. The second kappa shape index (κ2) is 8.20. The van der Waals surface area contributed by atoms with E-state index in [-0.39, 0.29) is 10.8 Å². The molecule has 0 aromatic heterocycles. The summed E-state index contributed by atoms with van der Waals surface area (Å²) in [5.74, 6) is -0.165. The number of halogens is 1. The normalized spacial score (nSPS) is 11.6. The minimum absolute atomic E-state index is 0.165. The maximum atomic E-state index is 12.4. The first kappa shape index (κ1) is 20.4. The zero-order valence-electron chi connectivity index (χ0n) is 15.3. The first-order valence-electron chi connectivity index (χ1n) is 8.19. The highest BCUT2D eigenvalue weighted by Crippen LogP contribution is 2.25. The van der Waals surface area contributed by atoms with E-state index in [4.69, 9.17) is 11.6 Å². The number of sulfonamides is 1. The van der Waals surface area contributed by atoms with E-state index < -0.39 is 10.0 Å². The van der Waals surface area contributed by atoms with E-state index in [9.17, 15) is 13.2 Å². The number of rotatable bonds is 6. The SMILES string of the molecule is Cc1cc(S(=O)(=O)N(C)C)cc(NC(=O)CCc2ccc(Cl)cc2)c1C. The van der Waals surface area contributed by atoms with Crippen LogP contribution in [0.4, 0.5) is 5.69 Å². The van der Waals surface area contributed by atoms with Gasteiger partial charge >= 0.3 is 0 Å². The monoisotopic (exact) mass is 394 g/mol. The summed E-state index contributed by atoms with van der Waals surface area (Å²) in [6.07, 6.45) is 0.876. The van der Waals surface area contributed by atoms with E-state index >= 15 is 0 Å². The Bertz CT molecular complexity index is 907. The van der Waals surface area contributed by atoms with Crippen molar-refractivity contribution in [1.29, 1.82) is 0 Å². The maximum Gasteiger partial charge on any atom is 0.242 e. The second-order valence-corrected chi connectivity index (χ2v) is 8.96. The van der Waals surface area contributed by atoms with Gasteiger partial charge in [-0.2, -0.15) is 0 Å². The molecule has 0 saturated carbocycles. The zero-order chi connectivity index (χ0) is 19.5. The van der Waals surface area contributed by atoms with Crippen LogP contribution in [-0.4, -0.2) is 32.7 Å². The number of nitrogens with one attached hydrogen (secondary N) is 1. The molecule has 7 heteroatoms. The Morgan fingerprint density at radius 1 is 1.12 bits per heavy atom. The van der Waals surface area contributed by atoms with E-state index in [2.05, 4.69) is 5.32 Å². The lowest BCUT2D eigenvalue weighted by molar-refractivity contribution is -0.116. The Labute approximate surface area is 160 Å². The van der Waals surface area contributed by atoms with Gasteiger partial charge in [0, 0.05) is 31.2 Å². The summed E-state index contributed by atoms with van der Waals surface area (Å²) in [6.45, 7) is 3.68. The third-order valence-electron chi connectivity index (χ3n) is 4.25. The molecule has 0 unspecified atom stereocenters. The van der Waals surface area contributed by atoms with Crippen molar-refractivity contribution in [3.8, 4) is 0 Å². The number of hydrogen-bond donors (Lipinski definition) is 1. The number of aryl methyl sites for hydroxylation is 2. The van der Waals surface area contributed by atoms with E-state index in [1.54, 1.807) is 18.2 Å². The molecule has 0 heterocycles. The van der Waals surface area contributed by atoms with Gasteiger partial charge in [0.15, 0.2) is 0 Å².